The molecule has 664 valence electrons. The molecule has 0 bridgehead atoms. The van der Waals surface area contributed by atoms with Gasteiger partial charge in [-0.15, -0.1) is 0 Å². The normalized spacial score (nSPS) is 15.2. The first-order valence-corrected chi connectivity index (χ1v) is 46.1. The predicted molar refractivity (Wildman–Crippen MR) is 534 cm³/mol. The summed E-state index contributed by atoms with van der Waals surface area (Å²) in [6, 6.07) is 62.4. The maximum atomic E-state index is 9.00. The van der Waals surface area contributed by atoms with Crippen molar-refractivity contribution in [3.05, 3.63) is 297 Å². The summed E-state index contributed by atoms with van der Waals surface area (Å²) < 4.78 is 124. The van der Waals surface area contributed by atoms with E-state index in [0.717, 1.165) is 188 Å². The standard InChI is InChI=1S/C26H29N2O.C24H27N2O.C23H25N2O.C22H23N2O.C21H21N2O/c1-4-18-14-15-28(3)23(16-18)24-17(2)10-11-20-21-12-13-22(19-8-6-5-7-9-19)27-26(21)29-25(20)24;1-6-17-11-12-26(5)21(14-17)22-16(4)7-9-19-20-10-8-18(13-15(2)3)25-24(20)27-23(19)22;1-6-16-11-12-25(5)20(13-16)21-15(4)7-8-17-18-9-10-19(14(2)3)24-23(18)26-22(17)21;1-5-15-11-12-24(4)19(13-15)20-14(3)7-9-17-18-10-8-16(6-2)23-22(18)25-21(17)20;1-5-15-10-11-23(4)18(12-15)19-13(2)6-8-16-17-9-7-14(3)22-21(17)24-20(16)19/h10-16,19H,4-9H2,1-3H3;7-12,14-15H,6,13H2,1-5H3;7-14H,6H2,1-5H3;7-13H,5-6H2,1-4H3;6-12H,5H2,1-4H3/q5*+1/i8D2,9D2,19D;2D3,15D;14D;;. The van der Waals surface area contributed by atoms with E-state index in [1.165, 1.54) is 62.8 Å². The van der Waals surface area contributed by atoms with E-state index in [1.54, 1.807) is 18.2 Å². The SMILES string of the molecule is CCc1cc[n+](C)c(-c2c(C)ccc3c2oc2nc(C)ccc23)c1.CCc1cc[n+](C)c(-c2c(C)ccc3c2oc2nc(CC)ccc23)c1.[2H]C(C)(C)c1ccc2c(n1)oc1c(-c3cc(CC)cc[n+]3C)c(C)ccc12.[2H]C([2H])([2H])C([2H])(C)Cc1ccc2c(n1)oc1c(-c3cc(CC)cc[n+]3C)c(C)ccc12.[2H]C1([2H])CCCC([2H])([2H])C1([2H])c1ccc2c(n1)oc1c(-c3cc(CC)cc[n+]3C)c(C)ccc12. The summed E-state index contributed by atoms with van der Waals surface area (Å²) in [5.41, 5.74) is 33.5. The zero-order valence-corrected chi connectivity index (χ0v) is 79.3. The predicted octanol–water partition coefficient (Wildman–Crippen LogP) is 27.0. The molecule has 1 saturated carbocycles. The summed E-state index contributed by atoms with van der Waals surface area (Å²) in [4.78, 5) is 23.0. The number of hydrogen-bond acceptors (Lipinski definition) is 10. The third kappa shape index (κ3) is 17.8. The second kappa shape index (κ2) is 38.0. The van der Waals surface area contributed by atoms with Gasteiger partial charge in [0.25, 0.3) is 0 Å². The first kappa shape index (κ1) is 77.5. The molecule has 131 heavy (non-hydrogen) atoms. The van der Waals surface area contributed by atoms with Crippen LogP contribution in [0.5, 0.6) is 0 Å². The fourth-order valence-electron chi connectivity index (χ4n) is 18.0. The van der Waals surface area contributed by atoms with Crippen molar-refractivity contribution in [2.45, 2.75) is 199 Å². The van der Waals surface area contributed by atoms with Crippen molar-refractivity contribution < 1.29 is 58.6 Å². The van der Waals surface area contributed by atoms with Gasteiger partial charge in [0.2, 0.25) is 57.0 Å². The van der Waals surface area contributed by atoms with Crippen LogP contribution >= 0.6 is 0 Å². The van der Waals surface area contributed by atoms with Crippen LogP contribution < -0.4 is 22.8 Å². The highest BCUT2D eigenvalue weighted by molar-refractivity contribution is 6.13. The molecule has 15 heteroatoms. The number of fused-ring (bicyclic) bond motifs is 15. The van der Waals surface area contributed by atoms with Gasteiger partial charge in [0.15, 0.2) is 58.9 Å². The van der Waals surface area contributed by atoms with E-state index in [4.69, 9.17) is 35.8 Å². The number of aromatic nitrogens is 10. The van der Waals surface area contributed by atoms with Crippen LogP contribution in [0.1, 0.15) is 211 Å². The molecule has 0 N–H and O–H groups in total. The fraction of sp³-hybridized carbons (Fsp3) is 0.310. The van der Waals surface area contributed by atoms with Crippen molar-refractivity contribution in [2.24, 2.45) is 41.1 Å². The molecule has 20 aromatic rings. The van der Waals surface area contributed by atoms with Crippen LogP contribution in [0.4, 0.5) is 0 Å². The zero-order valence-electron chi connectivity index (χ0n) is 89.3. The highest BCUT2D eigenvalue weighted by Crippen LogP contribution is 2.44. The largest absolute Gasteiger partial charge is 0.437 e. The molecule has 15 nitrogen and oxygen atoms in total. The van der Waals surface area contributed by atoms with Crippen molar-refractivity contribution in [1.29, 1.82) is 0 Å². The average Bonchev–Trinajstić information content (AvgIpc) is 1.30. The summed E-state index contributed by atoms with van der Waals surface area (Å²) in [6.45, 7) is 28.1. The Morgan fingerprint density at radius 3 is 0.954 bits per heavy atom. The Bertz CT molecular complexity index is 8260. The number of aryl methyl sites for hydroxylation is 17. The third-order valence-corrected chi connectivity index (χ3v) is 25.8. The van der Waals surface area contributed by atoms with Gasteiger partial charge in [-0.2, -0.15) is 0 Å². The van der Waals surface area contributed by atoms with Gasteiger partial charge >= 0.3 is 0 Å². The molecule has 0 aliphatic heterocycles. The minimum Gasteiger partial charge on any atom is -0.437 e. The fourth-order valence-corrected chi connectivity index (χ4v) is 18.0. The molecule has 0 amide bonds. The minimum atomic E-state index is -2.39. The molecule has 5 aromatic carbocycles. The number of rotatable bonds is 15. The highest BCUT2D eigenvalue weighted by Gasteiger charge is 2.30. The van der Waals surface area contributed by atoms with Crippen molar-refractivity contribution in [3.63, 3.8) is 0 Å². The quantitative estimate of drug-likeness (QED) is 0.0908. The number of furan rings is 5. The van der Waals surface area contributed by atoms with Crippen LogP contribution in [-0.2, 0) is 80.2 Å². The van der Waals surface area contributed by atoms with E-state index in [9.17, 15) is 0 Å². The van der Waals surface area contributed by atoms with Crippen LogP contribution in [-0.4, -0.2) is 24.9 Å². The van der Waals surface area contributed by atoms with Gasteiger partial charge in [0.1, 0.15) is 35.2 Å². The maximum absolute atomic E-state index is 9.00. The summed E-state index contributed by atoms with van der Waals surface area (Å²) >= 11 is 0. The summed E-state index contributed by atoms with van der Waals surface area (Å²) in [7, 11) is 10.3. The Morgan fingerprint density at radius 2 is 0.626 bits per heavy atom. The second-order valence-electron chi connectivity index (χ2n) is 35.2. The monoisotopic (exact) mass is 1750 g/mol. The summed E-state index contributed by atoms with van der Waals surface area (Å²) in [5.74, 6) is -4.49. The number of nitrogens with zero attached hydrogens (tertiary/aromatic N) is 10. The molecule has 21 rings (SSSR count). The van der Waals surface area contributed by atoms with Crippen LogP contribution in [0.25, 0.3) is 167 Å². The van der Waals surface area contributed by atoms with Gasteiger partial charge in [-0.3, -0.25) is 0 Å². The molecule has 1 aliphatic rings. The Hall–Kier alpha value is -13.4. The number of benzene rings is 5. The molecular formula is C116H125N10O5+5. The van der Waals surface area contributed by atoms with Crippen LogP contribution in [0.2, 0.25) is 0 Å². The van der Waals surface area contributed by atoms with E-state index < -0.39 is 37.3 Å². The molecule has 0 radical (unpaired) electrons. The Kier molecular flexibility index (Phi) is 22.5. The van der Waals surface area contributed by atoms with Gasteiger partial charge in [-0.25, -0.2) is 47.8 Å². The van der Waals surface area contributed by atoms with Gasteiger partial charge in [0, 0.05) is 163 Å². The van der Waals surface area contributed by atoms with E-state index in [0.29, 0.717) is 46.2 Å². The minimum absolute atomic E-state index is 0.0237. The molecule has 0 saturated heterocycles. The van der Waals surface area contributed by atoms with Crippen LogP contribution in [0.15, 0.2) is 235 Å². The molecule has 1 fully saturated rings. The number of hydrogen-bond donors (Lipinski definition) is 0. The topological polar surface area (TPSA) is 150 Å². The van der Waals surface area contributed by atoms with Gasteiger partial charge in [-0.05, 0) is 227 Å². The highest BCUT2D eigenvalue weighted by atomic mass is 16.4. The Balaban J connectivity index is 0.000000122. The van der Waals surface area contributed by atoms with Crippen molar-refractivity contribution >= 4 is 110 Å². The van der Waals surface area contributed by atoms with Crippen molar-refractivity contribution in [3.8, 4) is 56.3 Å². The van der Waals surface area contributed by atoms with E-state index in [2.05, 4.69) is 290 Å². The van der Waals surface area contributed by atoms with Crippen LogP contribution in [0, 0.1) is 47.4 Å². The van der Waals surface area contributed by atoms with Gasteiger partial charge < -0.3 is 22.1 Å². The van der Waals surface area contributed by atoms with E-state index in [-0.39, 0.29) is 25.0 Å². The van der Waals surface area contributed by atoms with E-state index >= 15 is 0 Å². The lowest BCUT2D eigenvalue weighted by molar-refractivity contribution is -0.660. The Labute approximate surface area is 783 Å². The zero-order chi connectivity index (χ0) is 101. The lowest BCUT2D eigenvalue weighted by atomic mass is 9.86. The lowest BCUT2D eigenvalue weighted by Gasteiger charge is -2.20. The average molecular weight is 1750 g/mol. The molecule has 15 heterocycles. The second-order valence-corrected chi connectivity index (χ2v) is 35.2. The molecule has 0 spiro atoms. The lowest BCUT2D eigenvalue weighted by Crippen LogP contribution is -2.30. The van der Waals surface area contributed by atoms with Crippen molar-refractivity contribution in [2.75, 3.05) is 0 Å². The van der Waals surface area contributed by atoms with Crippen LogP contribution in [0.3, 0.4) is 0 Å². The molecule has 1 unspecified atom stereocenters. The summed E-state index contributed by atoms with van der Waals surface area (Å²) in [6.07, 6.45) is 12.9. The molecular weight excluding hydrogens is 1610 g/mol. The van der Waals surface area contributed by atoms with Gasteiger partial charge in [-0.1, -0.05) is 149 Å². The first-order valence-electron chi connectivity index (χ1n) is 51.1. The smallest absolute Gasteiger partial charge is 0.227 e. The Morgan fingerprint density at radius 1 is 0.336 bits per heavy atom. The summed E-state index contributed by atoms with van der Waals surface area (Å²) in [5, 5.41) is 10.0. The number of pyridine rings is 10. The molecule has 15 aromatic heterocycles. The van der Waals surface area contributed by atoms with Gasteiger partial charge in [0.05, 0.1) is 27.8 Å². The first-order chi connectivity index (χ1) is 67.0. The third-order valence-electron chi connectivity index (χ3n) is 25.8. The molecule has 1 aliphatic carbocycles. The van der Waals surface area contributed by atoms with Crippen molar-refractivity contribution in [1.82, 2.24) is 24.9 Å². The molecule has 1 atom stereocenters. The van der Waals surface area contributed by atoms with E-state index in [1.807, 2.05) is 84.4 Å². The maximum Gasteiger partial charge on any atom is 0.227 e.